The van der Waals surface area contributed by atoms with Crippen molar-refractivity contribution in [3.63, 3.8) is 0 Å². The van der Waals surface area contributed by atoms with Crippen molar-refractivity contribution in [3.8, 4) is 0 Å². The van der Waals surface area contributed by atoms with Crippen molar-refractivity contribution in [1.29, 1.82) is 0 Å². The van der Waals surface area contributed by atoms with Crippen LogP contribution in [0, 0.1) is 30.6 Å². The zero-order chi connectivity index (χ0) is 15.3. The molecular weight excluding hydrogens is 270 g/mol. The summed E-state index contributed by atoms with van der Waals surface area (Å²) in [5, 5.41) is 10.7. The lowest BCUT2D eigenvalue weighted by atomic mass is 9.55. The molecule has 4 fully saturated rings. The molecule has 0 unspecified atom stereocenters. The molecule has 0 aromatic heterocycles. The van der Waals surface area contributed by atoms with E-state index in [2.05, 4.69) is 37.8 Å². The Morgan fingerprint density at radius 1 is 1.05 bits per heavy atom. The summed E-state index contributed by atoms with van der Waals surface area (Å²) in [5.41, 5.74) is 4.71. The maximum atomic E-state index is 10.7. The third-order valence-corrected chi connectivity index (χ3v) is 6.07. The van der Waals surface area contributed by atoms with Crippen LogP contribution in [0.1, 0.15) is 43.2 Å². The van der Waals surface area contributed by atoms with Crippen molar-refractivity contribution in [2.75, 3.05) is 6.54 Å². The van der Waals surface area contributed by atoms with Gasteiger partial charge >= 0.3 is 0 Å². The second kappa shape index (κ2) is 5.26. The SMILES string of the molecule is C=C(C[N+](O)=C1C2CC3CC(C2)CC1C3)c1ccc(C)cc1. The van der Waals surface area contributed by atoms with Crippen LogP contribution in [0.15, 0.2) is 30.8 Å². The van der Waals surface area contributed by atoms with Gasteiger partial charge in [-0.1, -0.05) is 36.4 Å². The predicted octanol–water partition coefficient (Wildman–Crippen LogP) is 4.31. The average Bonchev–Trinajstić information content (AvgIpc) is 2.46. The van der Waals surface area contributed by atoms with Gasteiger partial charge in [0.1, 0.15) is 0 Å². The lowest BCUT2D eigenvalue weighted by Crippen LogP contribution is -2.49. The molecule has 4 bridgehead atoms. The number of rotatable bonds is 3. The van der Waals surface area contributed by atoms with Crippen molar-refractivity contribution in [3.05, 3.63) is 42.0 Å². The van der Waals surface area contributed by atoms with Crippen LogP contribution in [0.3, 0.4) is 0 Å². The van der Waals surface area contributed by atoms with E-state index >= 15 is 0 Å². The molecule has 0 saturated heterocycles. The molecule has 0 aliphatic heterocycles. The van der Waals surface area contributed by atoms with Gasteiger partial charge in [-0.2, -0.15) is 0 Å². The quantitative estimate of drug-likeness (QED) is 0.501. The minimum Gasteiger partial charge on any atom is -0.291 e. The van der Waals surface area contributed by atoms with Gasteiger partial charge in [0, 0.05) is 17.4 Å². The van der Waals surface area contributed by atoms with Crippen LogP contribution < -0.4 is 0 Å². The Morgan fingerprint density at radius 3 is 2.14 bits per heavy atom. The Kier molecular flexibility index (Phi) is 3.36. The van der Waals surface area contributed by atoms with E-state index in [1.807, 2.05) is 0 Å². The number of nitrogens with zero attached hydrogens (tertiary/aromatic N) is 1. The van der Waals surface area contributed by atoms with E-state index in [4.69, 9.17) is 0 Å². The average molecular weight is 296 g/mol. The molecule has 1 N–H and O–H groups in total. The standard InChI is InChI=1S/C20H26NO/c1-13-3-5-17(6-4-13)14(2)12-21(22)20-18-8-15-7-16(10-18)11-19(20)9-15/h3-6,15-16,18-19,22H,2,7-12H2,1H3/q+1. The van der Waals surface area contributed by atoms with Crippen molar-refractivity contribution >= 4 is 11.3 Å². The van der Waals surface area contributed by atoms with E-state index < -0.39 is 0 Å². The van der Waals surface area contributed by atoms with Crippen LogP contribution in [0.4, 0.5) is 0 Å². The molecule has 116 valence electrons. The van der Waals surface area contributed by atoms with Crippen LogP contribution in [-0.4, -0.2) is 22.2 Å². The minimum absolute atomic E-state index is 0.542. The smallest absolute Gasteiger partial charge is 0.217 e. The van der Waals surface area contributed by atoms with Gasteiger partial charge in [0.15, 0.2) is 0 Å². The molecule has 1 aromatic rings. The maximum Gasteiger partial charge on any atom is 0.217 e. The van der Waals surface area contributed by atoms with Gasteiger partial charge in [0.2, 0.25) is 12.3 Å². The highest BCUT2D eigenvalue weighted by atomic mass is 16.5. The fraction of sp³-hybridized carbons (Fsp3) is 0.550. The summed E-state index contributed by atoms with van der Waals surface area (Å²) in [6.07, 6.45) is 6.65. The van der Waals surface area contributed by atoms with Gasteiger partial charge in [-0.3, -0.25) is 5.21 Å². The summed E-state index contributed by atoms with van der Waals surface area (Å²) >= 11 is 0. The summed E-state index contributed by atoms with van der Waals surface area (Å²) < 4.78 is 1.55. The Hall–Kier alpha value is -1.57. The van der Waals surface area contributed by atoms with Crippen LogP contribution >= 0.6 is 0 Å². The van der Waals surface area contributed by atoms with Gasteiger partial charge < -0.3 is 0 Å². The second-order valence-corrected chi connectivity index (χ2v) is 7.76. The van der Waals surface area contributed by atoms with Crippen LogP contribution in [0.5, 0.6) is 0 Å². The Labute approximate surface area is 133 Å². The lowest BCUT2D eigenvalue weighted by molar-refractivity contribution is -0.770. The molecule has 4 aliphatic rings. The molecule has 0 radical (unpaired) electrons. The topological polar surface area (TPSA) is 23.2 Å². The molecule has 4 saturated carbocycles. The van der Waals surface area contributed by atoms with Crippen molar-refractivity contribution in [1.82, 2.24) is 0 Å². The lowest BCUT2D eigenvalue weighted by Gasteiger charge is -2.47. The number of hydrogen-bond donors (Lipinski definition) is 1. The highest BCUT2D eigenvalue weighted by Crippen LogP contribution is 2.52. The molecular formula is C20H26NO+. The molecule has 2 nitrogen and oxygen atoms in total. The first-order valence-electron chi connectivity index (χ1n) is 8.68. The van der Waals surface area contributed by atoms with Crippen molar-refractivity contribution in [2.45, 2.75) is 39.0 Å². The van der Waals surface area contributed by atoms with Crippen LogP contribution in [0.25, 0.3) is 5.57 Å². The Balaban J connectivity index is 1.55. The van der Waals surface area contributed by atoms with E-state index in [9.17, 15) is 5.21 Å². The zero-order valence-electron chi connectivity index (χ0n) is 13.5. The van der Waals surface area contributed by atoms with E-state index in [0.717, 1.165) is 23.0 Å². The number of hydroxylamine groups is 1. The summed E-state index contributed by atoms with van der Waals surface area (Å²) in [7, 11) is 0. The maximum absolute atomic E-state index is 10.7. The van der Waals surface area contributed by atoms with E-state index in [-0.39, 0.29) is 0 Å². The third kappa shape index (κ3) is 2.39. The molecule has 4 aliphatic carbocycles. The van der Waals surface area contributed by atoms with Gasteiger partial charge in [-0.25, -0.2) is 0 Å². The largest absolute Gasteiger partial charge is 0.291 e. The first-order chi connectivity index (χ1) is 10.6. The van der Waals surface area contributed by atoms with Gasteiger partial charge in [-0.15, -0.1) is 0 Å². The Morgan fingerprint density at radius 2 is 1.59 bits per heavy atom. The monoisotopic (exact) mass is 296 g/mol. The molecule has 1 aromatic carbocycles. The zero-order valence-corrected chi connectivity index (χ0v) is 13.5. The van der Waals surface area contributed by atoms with E-state index in [1.165, 1.54) is 43.4 Å². The second-order valence-electron chi connectivity index (χ2n) is 7.76. The number of benzene rings is 1. The Bertz CT molecular complexity index is 596. The van der Waals surface area contributed by atoms with Gasteiger partial charge in [0.25, 0.3) is 0 Å². The highest BCUT2D eigenvalue weighted by Gasteiger charge is 2.51. The summed E-state index contributed by atoms with van der Waals surface area (Å²) in [6, 6.07) is 8.43. The highest BCUT2D eigenvalue weighted by molar-refractivity contribution is 5.86. The first kappa shape index (κ1) is 14.0. The van der Waals surface area contributed by atoms with E-state index in [0.29, 0.717) is 18.4 Å². The molecule has 0 spiro atoms. The fourth-order valence-corrected chi connectivity index (χ4v) is 5.24. The van der Waals surface area contributed by atoms with Gasteiger partial charge in [0.05, 0.1) is 0 Å². The minimum atomic E-state index is 0.542. The fourth-order valence-electron chi connectivity index (χ4n) is 5.24. The molecule has 22 heavy (non-hydrogen) atoms. The van der Waals surface area contributed by atoms with Gasteiger partial charge in [-0.05, 0) is 61.2 Å². The molecule has 0 amide bonds. The normalized spacial score (nSPS) is 32.3. The number of aryl methyl sites for hydroxylation is 1. The van der Waals surface area contributed by atoms with Crippen molar-refractivity contribution < 1.29 is 9.95 Å². The summed E-state index contributed by atoms with van der Waals surface area (Å²) in [6.45, 7) is 6.83. The predicted molar refractivity (Wildman–Crippen MR) is 89.2 cm³/mol. The van der Waals surface area contributed by atoms with Crippen LogP contribution in [0.2, 0.25) is 0 Å². The third-order valence-electron chi connectivity index (χ3n) is 6.07. The molecule has 2 heteroatoms. The van der Waals surface area contributed by atoms with E-state index in [1.54, 1.807) is 4.74 Å². The van der Waals surface area contributed by atoms with Crippen LogP contribution in [-0.2, 0) is 0 Å². The van der Waals surface area contributed by atoms with Crippen molar-refractivity contribution in [2.24, 2.45) is 23.7 Å². The first-order valence-corrected chi connectivity index (χ1v) is 8.68. The molecule has 5 rings (SSSR count). The summed E-state index contributed by atoms with van der Waals surface area (Å²) in [4.78, 5) is 0. The molecule has 0 heterocycles. The molecule has 0 atom stereocenters. The number of hydrogen-bond acceptors (Lipinski definition) is 1. The summed E-state index contributed by atoms with van der Waals surface area (Å²) in [5.74, 6) is 3.12.